The van der Waals surface area contributed by atoms with Gasteiger partial charge in [0.05, 0.1) is 22.2 Å². The highest BCUT2D eigenvalue weighted by molar-refractivity contribution is 6.32. The minimum atomic E-state index is -4.42. The Balaban J connectivity index is 2.26. The number of ether oxygens (including phenoxy) is 1. The second-order valence-corrected chi connectivity index (χ2v) is 4.51. The van der Waals surface area contributed by atoms with Crippen molar-refractivity contribution in [2.75, 3.05) is 0 Å². The van der Waals surface area contributed by atoms with Crippen LogP contribution in [0, 0.1) is 0 Å². The molecule has 1 aromatic carbocycles. The summed E-state index contributed by atoms with van der Waals surface area (Å²) in [6, 6.07) is 7.51. The van der Waals surface area contributed by atoms with E-state index in [1.165, 1.54) is 24.3 Å². The fourth-order valence-electron chi connectivity index (χ4n) is 1.47. The van der Waals surface area contributed by atoms with Crippen LogP contribution in [0.1, 0.15) is 11.3 Å². The highest BCUT2D eigenvalue weighted by Gasteiger charge is 2.30. The standard InChI is InChI=1S/C13H8Cl2F3NO/c14-7-11-10(15)4-5-12(19-11)20-9-3-1-2-8(6-9)13(16,17)18/h1-6H,7H2. The van der Waals surface area contributed by atoms with Gasteiger partial charge < -0.3 is 4.74 Å². The van der Waals surface area contributed by atoms with Gasteiger partial charge in [0, 0.05) is 6.07 Å². The molecule has 106 valence electrons. The lowest BCUT2D eigenvalue weighted by Crippen LogP contribution is -2.04. The SMILES string of the molecule is FC(F)(F)c1cccc(Oc2ccc(Cl)c(CCl)n2)c1. The Morgan fingerprint density at radius 3 is 2.55 bits per heavy atom. The van der Waals surface area contributed by atoms with Gasteiger partial charge in [-0.3, -0.25) is 0 Å². The quantitative estimate of drug-likeness (QED) is 0.717. The molecule has 0 radical (unpaired) electrons. The Morgan fingerprint density at radius 1 is 1.15 bits per heavy atom. The lowest BCUT2D eigenvalue weighted by molar-refractivity contribution is -0.137. The molecule has 0 aliphatic rings. The third kappa shape index (κ3) is 3.55. The first kappa shape index (κ1) is 14.9. The van der Waals surface area contributed by atoms with Crippen LogP contribution in [0.3, 0.4) is 0 Å². The van der Waals surface area contributed by atoms with E-state index in [9.17, 15) is 13.2 Å². The molecule has 2 aromatic rings. The molecule has 2 rings (SSSR count). The lowest BCUT2D eigenvalue weighted by Gasteiger charge is -2.10. The van der Waals surface area contributed by atoms with Gasteiger partial charge in [0.15, 0.2) is 0 Å². The monoisotopic (exact) mass is 321 g/mol. The average molecular weight is 322 g/mol. The fraction of sp³-hybridized carbons (Fsp3) is 0.154. The average Bonchev–Trinajstić information content (AvgIpc) is 2.40. The van der Waals surface area contributed by atoms with Gasteiger partial charge in [-0.2, -0.15) is 13.2 Å². The van der Waals surface area contributed by atoms with Crippen LogP contribution in [0.15, 0.2) is 36.4 Å². The molecule has 7 heteroatoms. The second-order valence-electron chi connectivity index (χ2n) is 3.84. The van der Waals surface area contributed by atoms with Crippen molar-refractivity contribution >= 4 is 23.2 Å². The molecule has 20 heavy (non-hydrogen) atoms. The van der Waals surface area contributed by atoms with E-state index in [2.05, 4.69) is 4.98 Å². The van der Waals surface area contributed by atoms with Gasteiger partial charge in [-0.25, -0.2) is 4.98 Å². The van der Waals surface area contributed by atoms with Crippen LogP contribution in [0.25, 0.3) is 0 Å². The molecule has 0 unspecified atom stereocenters. The minimum absolute atomic E-state index is 0.0372. The topological polar surface area (TPSA) is 22.1 Å². The molecule has 0 saturated carbocycles. The van der Waals surface area contributed by atoms with Crippen molar-refractivity contribution in [1.29, 1.82) is 0 Å². The zero-order valence-corrected chi connectivity index (χ0v) is 11.4. The maximum Gasteiger partial charge on any atom is 0.416 e. The summed E-state index contributed by atoms with van der Waals surface area (Å²) in [4.78, 5) is 4.01. The third-order valence-electron chi connectivity index (χ3n) is 2.40. The molecule has 0 atom stereocenters. The van der Waals surface area contributed by atoms with Gasteiger partial charge in [0.2, 0.25) is 5.88 Å². The summed E-state index contributed by atoms with van der Waals surface area (Å²) in [5, 5.41) is 0.372. The number of pyridine rings is 1. The first-order valence-electron chi connectivity index (χ1n) is 5.46. The predicted molar refractivity (Wildman–Crippen MR) is 70.3 cm³/mol. The predicted octanol–water partition coefficient (Wildman–Crippen LogP) is 5.28. The molecule has 0 N–H and O–H groups in total. The molecule has 0 fully saturated rings. The van der Waals surface area contributed by atoms with Crippen LogP contribution in [0.2, 0.25) is 5.02 Å². The number of hydrogen-bond acceptors (Lipinski definition) is 2. The largest absolute Gasteiger partial charge is 0.439 e. The third-order valence-corrected chi connectivity index (χ3v) is 3.00. The number of nitrogens with zero attached hydrogens (tertiary/aromatic N) is 1. The van der Waals surface area contributed by atoms with Crippen LogP contribution in [0.4, 0.5) is 13.2 Å². The van der Waals surface area contributed by atoms with Crippen molar-refractivity contribution in [3.05, 3.63) is 52.7 Å². The van der Waals surface area contributed by atoms with Crippen LogP contribution in [-0.2, 0) is 12.1 Å². The van der Waals surface area contributed by atoms with Crippen molar-refractivity contribution < 1.29 is 17.9 Å². The fourth-order valence-corrected chi connectivity index (χ4v) is 1.92. The Kier molecular flexibility index (Phi) is 4.40. The summed E-state index contributed by atoms with van der Waals surface area (Å²) in [5.74, 6) is 0.248. The molecule has 1 heterocycles. The molecule has 0 aliphatic carbocycles. The van der Waals surface area contributed by atoms with Gasteiger partial charge in [0.1, 0.15) is 5.75 Å². The van der Waals surface area contributed by atoms with Crippen molar-refractivity contribution in [2.24, 2.45) is 0 Å². The number of rotatable bonds is 3. The summed E-state index contributed by atoms with van der Waals surface area (Å²) in [7, 11) is 0. The van der Waals surface area contributed by atoms with Crippen LogP contribution < -0.4 is 4.74 Å². The highest BCUT2D eigenvalue weighted by atomic mass is 35.5. The maximum absolute atomic E-state index is 12.6. The molecule has 1 aromatic heterocycles. The molecule has 0 aliphatic heterocycles. The number of aromatic nitrogens is 1. The van der Waals surface area contributed by atoms with E-state index in [-0.39, 0.29) is 17.5 Å². The van der Waals surface area contributed by atoms with Gasteiger partial charge in [-0.15, -0.1) is 11.6 Å². The number of halogens is 5. The maximum atomic E-state index is 12.6. The molecule has 0 bridgehead atoms. The van der Waals surface area contributed by atoms with Crippen molar-refractivity contribution in [2.45, 2.75) is 12.1 Å². The molecular formula is C13H8Cl2F3NO. The summed E-state index contributed by atoms with van der Waals surface area (Å²) in [6.45, 7) is 0. The Morgan fingerprint density at radius 2 is 1.90 bits per heavy atom. The normalized spacial score (nSPS) is 11.4. The Hall–Kier alpha value is -1.46. The van der Waals surface area contributed by atoms with Crippen LogP contribution >= 0.6 is 23.2 Å². The van der Waals surface area contributed by atoms with E-state index < -0.39 is 11.7 Å². The van der Waals surface area contributed by atoms with E-state index in [0.29, 0.717) is 10.7 Å². The number of hydrogen-bond donors (Lipinski definition) is 0. The van der Waals surface area contributed by atoms with E-state index in [0.717, 1.165) is 12.1 Å². The summed E-state index contributed by atoms with van der Waals surface area (Å²) in [5.41, 5.74) is -0.390. The number of alkyl halides is 4. The van der Waals surface area contributed by atoms with E-state index in [4.69, 9.17) is 27.9 Å². The van der Waals surface area contributed by atoms with Crippen molar-refractivity contribution in [3.8, 4) is 11.6 Å². The zero-order chi connectivity index (χ0) is 14.8. The molecular weight excluding hydrogens is 314 g/mol. The molecule has 0 amide bonds. The summed E-state index contributed by atoms with van der Waals surface area (Å²) < 4.78 is 43.0. The molecule has 0 saturated heterocycles. The van der Waals surface area contributed by atoms with E-state index in [1.54, 1.807) is 0 Å². The first-order valence-corrected chi connectivity index (χ1v) is 6.38. The van der Waals surface area contributed by atoms with Gasteiger partial charge in [0.25, 0.3) is 0 Å². The smallest absolute Gasteiger partial charge is 0.416 e. The summed E-state index contributed by atoms with van der Waals surface area (Å²) in [6.07, 6.45) is -4.42. The van der Waals surface area contributed by atoms with Crippen LogP contribution in [0.5, 0.6) is 11.6 Å². The first-order chi connectivity index (χ1) is 9.40. The van der Waals surface area contributed by atoms with Gasteiger partial charge >= 0.3 is 6.18 Å². The lowest BCUT2D eigenvalue weighted by atomic mass is 10.2. The molecule has 2 nitrogen and oxygen atoms in total. The van der Waals surface area contributed by atoms with Crippen LogP contribution in [-0.4, -0.2) is 4.98 Å². The van der Waals surface area contributed by atoms with Gasteiger partial charge in [-0.1, -0.05) is 17.7 Å². The molecule has 0 spiro atoms. The van der Waals surface area contributed by atoms with Crippen molar-refractivity contribution in [3.63, 3.8) is 0 Å². The summed E-state index contributed by atoms with van der Waals surface area (Å²) >= 11 is 11.5. The van der Waals surface area contributed by atoms with Crippen molar-refractivity contribution in [1.82, 2.24) is 4.98 Å². The number of benzene rings is 1. The minimum Gasteiger partial charge on any atom is -0.439 e. The highest BCUT2D eigenvalue weighted by Crippen LogP contribution is 2.32. The Labute approximate surface area is 123 Å². The second kappa shape index (κ2) is 5.89. The Bertz CT molecular complexity index is 617. The van der Waals surface area contributed by atoms with Gasteiger partial charge in [-0.05, 0) is 24.3 Å². The van der Waals surface area contributed by atoms with E-state index in [1.807, 2.05) is 0 Å². The van der Waals surface area contributed by atoms with E-state index >= 15 is 0 Å². The zero-order valence-electron chi connectivity index (χ0n) is 9.92.